The summed E-state index contributed by atoms with van der Waals surface area (Å²) in [4.78, 5) is 11.1. The molecule has 1 N–H and O–H groups in total. The van der Waals surface area contributed by atoms with E-state index < -0.39 is 5.97 Å². The van der Waals surface area contributed by atoms with Crippen LogP contribution in [-0.2, 0) is 9.53 Å². The minimum absolute atomic E-state index is 0.106. The number of unbranched alkanes of at least 4 members (excludes halogenated alkanes) is 23. The van der Waals surface area contributed by atoms with E-state index in [1.165, 1.54) is 148 Å². The highest BCUT2D eigenvalue weighted by Gasteiger charge is 2.21. The minimum Gasteiger partial charge on any atom is -0.481 e. The lowest BCUT2D eigenvalue weighted by molar-refractivity contribution is -0.873. The number of quaternary nitrogens is 1. The van der Waals surface area contributed by atoms with E-state index in [0.29, 0.717) is 6.61 Å². The first-order valence-corrected chi connectivity index (χ1v) is 16.5. The summed E-state index contributed by atoms with van der Waals surface area (Å²) in [7, 11) is 6.25. The summed E-state index contributed by atoms with van der Waals surface area (Å²) >= 11 is 0. The van der Waals surface area contributed by atoms with Gasteiger partial charge < -0.3 is 14.3 Å². The van der Waals surface area contributed by atoms with E-state index in [9.17, 15) is 4.79 Å². The van der Waals surface area contributed by atoms with Crippen molar-refractivity contribution in [3.63, 3.8) is 0 Å². The minimum atomic E-state index is -0.766. The Morgan fingerprint density at radius 1 is 0.568 bits per heavy atom. The highest BCUT2D eigenvalue weighted by molar-refractivity contribution is 5.67. The molecule has 0 unspecified atom stereocenters. The van der Waals surface area contributed by atoms with Crippen molar-refractivity contribution in [2.45, 2.75) is 174 Å². The van der Waals surface area contributed by atoms with Crippen LogP contribution in [0.4, 0.5) is 0 Å². The molecule has 4 nitrogen and oxygen atoms in total. The first-order valence-electron chi connectivity index (χ1n) is 16.5. The first kappa shape index (κ1) is 36.4. The zero-order chi connectivity index (χ0) is 27.5. The smallest absolute Gasteiger partial charge is 0.306 e. The number of hydrogen-bond acceptors (Lipinski definition) is 2. The Bertz CT molecular complexity index is 475. The zero-order valence-electron chi connectivity index (χ0n) is 25.9. The summed E-state index contributed by atoms with van der Waals surface area (Å²) in [5.41, 5.74) is 0. The Labute approximate surface area is 232 Å². The van der Waals surface area contributed by atoms with E-state index in [-0.39, 0.29) is 12.5 Å². The fourth-order valence-corrected chi connectivity index (χ4v) is 5.30. The summed E-state index contributed by atoms with van der Waals surface area (Å²) in [6.07, 6.45) is 33.5. The van der Waals surface area contributed by atoms with Crippen molar-refractivity contribution >= 4 is 5.97 Å². The van der Waals surface area contributed by atoms with Gasteiger partial charge >= 0.3 is 5.97 Å². The van der Waals surface area contributed by atoms with Crippen LogP contribution in [0, 0.1) is 0 Å². The van der Waals surface area contributed by atoms with Crippen molar-refractivity contribution in [2.75, 3.05) is 34.3 Å². The van der Waals surface area contributed by atoms with Crippen LogP contribution in [0.15, 0.2) is 0 Å². The number of ether oxygens (including phenoxy) is 1. The van der Waals surface area contributed by atoms with E-state index in [1.807, 2.05) is 0 Å². The molecule has 0 aromatic carbocycles. The van der Waals surface area contributed by atoms with Crippen molar-refractivity contribution in [3.8, 4) is 0 Å². The summed E-state index contributed by atoms with van der Waals surface area (Å²) in [6.45, 7) is 3.73. The maximum atomic E-state index is 11.1. The molecular formula is C33H68NO3+. The third-order valence-corrected chi connectivity index (χ3v) is 7.51. The van der Waals surface area contributed by atoms with Crippen LogP contribution in [0.25, 0.3) is 0 Å². The molecule has 1 atom stereocenters. The van der Waals surface area contributed by atoms with Gasteiger partial charge in [-0.2, -0.15) is 0 Å². The van der Waals surface area contributed by atoms with E-state index in [4.69, 9.17) is 9.84 Å². The van der Waals surface area contributed by atoms with Crippen molar-refractivity contribution in [1.82, 2.24) is 0 Å². The Morgan fingerprint density at radius 2 is 0.865 bits per heavy atom. The fraction of sp³-hybridized carbons (Fsp3) is 0.970. The average Bonchev–Trinajstić information content (AvgIpc) is 2.82. The van der Waals surface area contributed by atoms with Crippen molar-refractivity contribution < 1.29 is 19.1 Å². The number of nitrogens with zero attached hydrogens (tertiary/aromatic N) is 1. The molecule has 0 fully saturated rings. The second-order valence-electron chi connectivity index (χ2n) is 12.7. The Hall–Kier alpha value is -0.610. The Balaban J connectivity index is 3.26. The van der Waals surface area contributed by atoms with Crippen LogP contribution >= 0.6 is 0 Å². The predicted molar refractivity (Wildman–Crippen MR) is 161 cm³/mol. The molecule has 0 saturated carbocycles. The van der Waals surface area contributed by atoms with Gasteiger partial charge in [-0.05, 0) is 6.42 Å². The number of likely N-dealkylation sites (N-methyl/N-ethyl adjacent to an activating group) is 1. The van der Waals surface area contributed by atoms with Crippen molar-refractivity contribution in [2.24, 2.45) is 0 Å². The topological polar surface area (TPSA) is 46.5 Å². The normalized spacial score (nSPS) is 12.8. The van der Waals surface area contributed by atoms with Gasteiger partial charge in [0.05, 0.1) is 27.6 Å². The average molecular weight is 527 g/mol. The van der Waals surface area contributed by atoms with Gasteiger partial charge in [-0.3, -0.25) is 4.79 Å². The molecule has 0 aliphatic rings. The molecule has 4 heteroatoms. The molecule has 0 aliphatic carbocycles. The highest BCUT2D eigenvalue weighted by atomic mass is 16.5. The molecule has 0 radical (unpaired) electrons. The lowest BCUT2D eigenvalue weighted by atomic mass is 10.0. The van der Waals surface area contributed by atoms with E-state index in [2.05, 4.69) is 28.1 Å². The summed E-state index contributed by atoms with van der Waals surface area (Å²) < 4.78 is 6.62. The van der Waals surface area contributed by atoms with Gasteiger partial charge in [0.1, 0.15) is 12.6 Å². The maximum Gasteiger partial charge on any atom is 0.306 e. The van der Waals surface area contributed by atoms with Crippen LogP contribution in [0.1, 0.15) is 167 Å². The Morgan fingerprint density at radius 3 is 1.14 bits per heavy atom. The lowest BCUT2D eigenvalue weighted by Gasteiger charge is -2.28. The maximum absolute atomic E-state index is 11.1. The molecule has 0 saturated heterocycles. The van der Waals surface area contributed by atoms with Crippen LogP contribution in [-0.4, -0.2) is 56.0 Å². The lowest BCUT2D eigenvalue weighted by Crippen LogP contribution is -2.43. The molecule has 0 rings (SSSR count). The molecule has 0 amide bonds. The van der Waals surface area contributed by atoms with E-state index in [1.54, 1.807) is 0 Å². The van der Waals surface area contributed by atoms with Gasteiger partial charge in [0.2, 0.25) is 0 Å². The second-order valence-corrected chi connectivity index (χ2v) is 12.7. The molecule has 37 heavy (non-hydrogen) atoms. The summed E-state index contributed by atoms with van der Waals surface area (Å²) in [5.74, 6) is -0.766. The van der Waals surface area contributed by atoms with Gasteiger partial charge in [-0.25, -0.2) is 0 Å². The molecule has 0 spiro atoms. The van der Waals surface area contributed by atoms with Gasteiger partial charge in [0.25, 0.3) is 0 Å². The largest absolute Gasteiger partial charge is 0.481 e. The second kappa shape index (κ2) is 27.0. The van der Waals surface area contributed by atoms with Gasteiger partial charge in [-0.1, -0.05) is 155 Å². The quantitative estimate of drug-likeness (QED) is 0.0748. The Kier molecular flexibility index (Phi) is 26.5. The summed E-state index contributed by atoms with van der Waals surface area (Å²) in [6, 6.07) is 0. The van der Waals surface area contributed by atoms with E-state index >= 15 is 0 Å². The highest BCUT2D eigenvalue weighted by Crippen LogP contribution is 2.16. The first-order chi connectivity index (χ1) is 17.8. The third-order valence-electron chi connectivity index (χ3n) is 7.51. The molecule has 0 aromatic rings. The predicted octanol–water partition coefficient (Wildman–Crippen LogP) is 9.93. The van der Waals surface area contributed by atoms with Crippen molar-refractivity contribution in [3.05, 3.63) is 0 Å². The summed E-state index contributed by atoms with van der Waals surface area (Å²) in [5, 5.41) is 9.09. The molecule has 222 valence electrons. The standard InChI is InChI=1S/C33H67NO3/c1-5-6-7-8-9-10-11-12-13-14-15-16-17-18-19-20-21-22-23-24-25-26-27-28-29-37-32(30-33(35)36)31-34(2,3)4/h32H,5-31H2,1-4H3/p+1/t32-/m1/s1. The number of rotatable bonds is 30. The molecule has 0 heterocycles. The van der Waals surface area contributed by atoms with Crippen LogP contribution < -0.4 is 0 Å². The van der Waals surface area contributed by atoms with Gasteiger partial charge in [0, 0.05) is 6.61 Å². The molecule has 0 aromatic heterocycles. The number of carboxylic acids is 1. The number of carbonyl (C=O) groups is 1. The number of hydrogen-bond donors (Lipinski definition) is 1. The van der Waals surface area contributed by atoms with Gasteiger partial charge in [0.15, 0.2) is 0 Å². The van der Waals surface area contributed by atoms with Crippen LogP contribution in [0.3, 0.4) is 0 Å². The van der Waals surface area contributed by atoms with Crippen LogP contribution in [0.5, 0.6) is 0 Å². The number of carboxylic acid groups (broad SMARTS) is 1. The van der Waals surface area contributed by atoms with Crippen molar-refractivity contribution in [1.29, 1.82) is 0 Å². The molecule has 0 bridgehead atoms. The SMILES string of the molecule is CCCCCCCCCCCCCCCCCCCCCCCCCCO[C@H](CC(=O)O)C[N+](C)(C)C. The fourth-order valence-electron chi connectivity index (χ4n) is 5.30. The number of aliphatic carboxylic acids is 1. The molecule has 0 aliphatic heterocycles. The zero-order valence-corrected chi connectivity index (χ0v) is 25.9. The molecular weight excluding hydrogens is 458 g/mol. The van der Waals surface area contributed by atoms with Gasteiger partial charge in [-0.15, -0.1) is 0 Å². The van der Waals surface area contributed by atoms with E-state index in [0.717, 1.165) is 17.4 Å². The third kappa shape index (κ3) is 31.5. The van der Waals surface area contributed by atoms with Crippen LogP contribution in [0.2, 0.25) is 0 Å². The monoisotopic (exact) mass is 527 g/mol.